The first kappa shape index (κ1) is 24.4. The summed E-state index contributed by atoms with van der Waals surface area (Å²) in [4.78, 5) is 18.2. The number of fused-ring (bicyclic) bond motifs is 9. The minimum Gasteiger partial charge on any atom is -0.302 e. The van der Waals surface area contributed by atoms with E-state index in [4.69, 9.17) is 15.0 Å². The minimum absolute atomic E-state index is 0.0619. The summed E-state index contributed by atoms with van der Waals surface area (Å²) < 4.78 is 4.37. The van der Waals surface area contributed by atoms with Crippen LogP contribution in [0, 0.1) is 0 Å². The van der Waals surface area contributed by atoms with E-state index in [0.717, 1.165) is 27.8 Å². The van der Waals surface area contributed by atoms with Gasteiger partial charge in [0.25, 0.3) is 0 Å². The van der Waals surface area contributed by atoms with Gasteiger partial charge in [0.15, 0.2) is 0 Å². The van der Waals surface area contributed by atoms with Crippen LogP contribution in [0.1, 0.15) is 11.5 Å². The lowest BCUT2D eigenvalue weighted by atomic mass is 9.92. The fraction of sp³-hybridized carbons (Fsp3) is 0.0513. The molecule has 0 saturated heterocycles. The second-order valence-electron chi connectivity index (χ2n) is 11.7. The maximum atomic E-state index is 5.31. The third kappa shape index (κ3) is 3.42. The molecule has 0 spiro atoms. The van der Waals surface area contributed by atoms with Crippen molar-refractivity contribution in [2.24, 2.45) is 0 Å². The first-order valence-electron chi connectivity index (χ1n) is 15.3. The zero-order chi connectivity index (χ0) is 29.5. The van der Waals surface area contributed by atoms with Gasteiger partial charge in [0, 0.05) is 33.2 Å². The van der Waals surface area contributed by atoms with E-state index in [2.05, 4.69) is 160 Å². The Bertz CT molecular complexity index is 2290. The van der Waals surface area contributed by atoms with Crippen molar-refractivity contribution in [2.45, 2.75) is 12.0 Å². The highest BCUT2D eigenvalue weighted by Crippen LogP contribution is 2.47. The standard InChI is InChI=1S/C39H26N6/c1-7-19-31-25(13-1)26-14-2-8-20-32(26)43(31)37-40-38(44-33-21-9-3-15-27(33)28-16-4-10-22-34(28)44)42-39(41-37)45-35-23-11-5-17-29(35)30-18-6-12-24-36(30)45/h1-25,31H. The summed E-state index contributed by atoms with van der Waals surface area (Å²) in [5.41, 5.74) is 6.64. The maximum Gasteiger partial charge on any atom is 0.241 e. The number of para-hydroxylation sites is 5. The van der Waals surface area contributed by atoms with Crippen LogP contribution in [0.3, 0.4) is 0 Å². The van der Waals surface area contributed by atoms with Crippen molar-refractivity contribution in [2.75, 3.05) is 4.90 Å². The van der Waals surface area contributed by atoms with E-state index >= 15 is 0 Å². The Morgan fingerprint density at radius 3 is 1.38 bits per heavy atom. The van der Waals surface area contributed by atoms with Gasteiger partial charge in [-0.2, -0.15) is 15.0 Å². The van der Waals surface area contributed by atoms with Crippen molar-refractivity contribution < 1.29 is 0 Å². The highest BCUT2D eigenvalue weighted by atomic mass is 15.4. The third-order valence-electron chi connectivity index (χ3n) is 9.33. The van der Waals surface area contributed by atoms with Gasteiger partial charge in [-0.05, 0) is 35.9 Å². The van der Waals surface area contributed by atoms with Crippen LogP contribution in [0.5, 0.6) is 0 Å². The van der Waals surface area contributed by atoms with Crippen molar-refractivity contribution in [1.82, 2.24) is 24.1 Å². The summed E-state index contributed by atoms with van der Waals surface area (Å²) in [5, 5.41) is 4.67. The van der Waals surface area contributed by atoms with Crippen LogP contribution < -0.4 is 4.90 Å². The largest absolute Gasteiger partial charge is 0.302 e. The number of rotatable bonds is 3. The molecule has 2 aliphatic rings. The quantitative estimate of drug-likeness (QED) is 0.210. The monoisotopic (exact) mass is 578 g/mol. The lowest BCUT2D eigenvalue weighted by Gasteiger charge is -2.27. The molecule has 212 valence electrons. The fourth-order valence-corrected chi connectivity index (χ4v) is 7.45. The predicted molar refractivity (Wildman–Crippen MR) is 182 cm³/mol. The zero-order valence-corrected chi connectivity index (χ0v) is 24.2. The Morgan fingerprint density at radius 1 is 0.422 bits per heavy atom. The van der Waals surface area contributed by atoms with Gasteiger partial charge in [0.2, 0.25) is 17.8 Å². The number of hydrogen-bond donors (Lipinski definition) is 0. The van der Waals surface area contributed by atoms with Crippen LogP contribution in [0.25, 0.3) is 55.5 Å². The molecule has 2 atom stereocenters. The van der Waals surface area contributed by atoms with Gasteiger partial charge in [-0.25, -0.2) is 0 Å². The highest BCUT2D eigenvalue weighted by molar-refractivity contribution is 6.10. The van der Waals surface area contributed by atoms with Gasteiger partial charge in [-0.3, -0.25) is 9.13 Å². The second-order valence-corrected chi connectivity index (χ2v) is 11.7. The van der Waals surface area contributed by atoms with E-state index in [0.29, 0.717) is 17.8 Å². The van der Waals surface area contributed by atoms with Gasteiger partial charge in [0.05, 0.1) is 28.1 Å². The van der Waals surface area contributed by atoms with Gasteiger partial charge >= 0.3 is 0 Å². The molecule has 3 aromatic heterocycles. The fourth-order valence-electron chi connectivity index (χ4n) is 7.45. The lowest BCUT2D eigenvalue weighted by Crippen LogP contribution is -2.31. The predicted octanol–water partition coefficient (Wildman–Crippen LogP) is 8.80. The molecular formula is C39H26N6. The van der Waals surface area contributed by atoms with Gasteiger partial charge < -0.3 is 4.90 Å². The molecule has 2 unspecified atom stereocenters. The van der Waals surface area contributed by atoms with E-state index in [1.165, 1.54) is 27.1 Å². The van der Waals surface area contributed by atoms with Gasteiger partial charge in [0.1, 0.15) is 0 Å². The van der Waals surface area contributed by atoms with Crippen LogP contribution in [-0.4, -0.2) is 30.1 Å². The first-order chi connectivity index (χ1) is 22.3. The summed E-state index contributed by atoms with van der Waals surface area (Å²) in [6, 6.07) is 42.6. The topological polar surface area (TPSA) is 51.8 Å². The van der Waals surface area contributed by atoms with Gasteiger partial charge in [-0.15, -0.1) is 0 Å². The first-order valence-corrected chi connectivity index (χ1v) is 15.3. The second kappa shape index (κ2) is 9.24. The van der Waals surface area contributed by atoms with Crippen molar-refractivity contribution in [3.63, 3.8) is 0 Å². The number of hydrogen-bond acceptors (Lipinski definition) is 4. The molecule has 0 saturated carbocycles. The van der Waals surface area contributed by atoms with Crippen molar-refractivity contribution >= 4 is 55.2 Å². The summed E-state index contributed by atoms with van der Waals surface area (Å²) in [6.07, 6.45) is 8.81. The van der Waals surface area contributed by atoms with Crippen LogP contribution in [-0.2, 0) is 0 Å². The lowest BCUT2D eigenvalue weighted by molar-refractivity contribution is 0.721. The molecule has 6 nitrogen and oxygen atoms in total. The van der Waals surface area contributed by atoms with Crippen LogP contribution in [0.15, 0.2) is 146 Å². The molecule has 0 radical (unpaired) electrons. The van der Waals surface area contributed by atoms with Crippen LogP contribution in [0.4, 0.5) is 11.6 Å². The third-order valence-corrected chi connectivity index (χ3v) is 9.33. The van der Waals surface area contributed by atoms with E-state index < -0.39 is 0 Å². The Labute approximate surface area is 258 Å². The molecule has 0 N–H and O–H groups in total. The summed E-state index contributed by atoms with van der Waals surface area (Å²) in [5.74, 6) is 2.02. The number of anilines is 2. The smallest absolute Gasteiger partial charge is 0.241 e. The molecule has 1 aliphatic carbocycles. The summed E-state index contributed by atoms with van der Waals surface area (Å²) in [7, 11) is 0. The van der Waals surface area contributed by atoms with Crippen LogP contribution in [0.2, 0.25) is 0 Å². The number of benzene rings is 5. The number of nitrogens with zero attached hydrogens (tertiary/aromatic N) is 6. The molecule has 6 heteroatoms. The average Bonchev–Trinajstić information content (AvgIpc) is 3.74. The van der Waals surface area contributed by atoms with E-state index in [1.807, 2.05) is 0 Å². The summed E-state index contributed by atoms with van der Waals surface area (Å²) in [6.45, 7) is 0. The maximum absolute atomic E-state index is 5.31. The van der Waals surface area contributed by atoms with Crippen LogP contribution >= 0.6 is 0 Å². The summed E-state index contributed by atoms with van der Waals surface area (Å²) >= 11 is 0. The molecule has 1 aliphatic heterocycles. The molecule has 45 heavy (non-hydrogen) atoms. The van der Waals surface area contributed by atoms with E-state index in [-0.39, 0.29) is 12.0 Å². The minimum atomic E-state index is 0.0619. The molecular weight excluding hydrogens is 552 g/mol. The van der Waals surface area contributed by atoms with Gasteiger partial charge in [-0.1, -0.05) is 115 Å². The Kier molecular flexibility index (Phi) is 5.02. The Balaban J connectivity index is 1.32. The Morgan fingerprint density at radius 2 is 0.844 bits per heavy atom. The van der Waals surface area contributed by atoms with E-state index in [9.17, 15) is 0 Å². The zero-order valence-electron chi connectivity index (χ0n) is 24.2. The molecule has 0 fully saturated rings. The number of aromatic nitrogens is 5. The molecule has 8 aromatic rings. The highest BCUT2D eigenvalue weighted by Gasteiger charge is 2.39. The Hall–Kier alpha value is -6.01. The van der Waals surface area contributed by atoms with Crippen molar-refractivity contribution in [3.8, 4) is 11.9 Å². The van der Waals surface area contributed by atoms with E-state index in [1.54, 1.807) is 0 Å². The molecule has 0 bridgehead atoms. The average molecular weight is 579 g/mol. The van der Waals surface area contributed by atoms with Crippen molar-refractivity contribution in [1.29, 1.82) is 0 Å². The molecule has 5 aromatic carbocycles. The molecule has 10 rings (SSSR count). The SMILES string of the molecule is C1=CC2c3ccccc3N(c3nc(-n4c5ccccc5c5ccccc54)nc(-n4c5ccccc5c5ccccc54)n3)C2C=C1. The molecule has 4 heterocycles. The van der Waals surface area contributed by atoms with Crippen molar-refractivity contribution in [3.05, 3.63) is 151 Å². The molecule has 0 amide bonds. The number of allylic oxidation sites excluding steroid dienone is 2. The normalized spacial score (nSPS) is 17.1.